The van der Waals surface area contributed by atoms with E-state index in [4.69, 9.17) is 4.74 Å². The minimum Gasteiger partial charge on any atom is -0.504 e. The molecule has 3 aromatic rings. The summed E-state index contributed by atoms with van der Waals surface area (Å²) in [6.45, 7) is 0.301. The quantitative estimate of drug-likeness (QED) is 0.350. The number of carbonyl (C=O) groups excluding carboxylic acids is 2. The lowest BCUT2D eigenvalue weighted by molar-refractivity contribution is 0.0976. The van der Waals surface area contributed by atoms with Crippen LogP contribution in [0.3, 0.4) is 0 Å². The number of phenols is 1. The number of alkyl halides is 1. The maximum atomic E-state index is 13.2. The first-order valence-electron chi connectivity index (χ1n) is 8.71. The van der Waals surface area contributed by atoms with Crippen molar-refractivity contribution < 1.29 is 19.4 Å². The van der Waals surface area contributed by atoms with Crippen LogP contribution in [0.4, 0.5) is 11.4 Å². The predicted octanol–water partition coefficient (Wildman–Crippen LogP) is 4.68. The number of ketones is 2. The summed E-state index contributed by atoms with van der Waals surface area (Å²) in [5.41, 5.74) is 1.88. The molecule has 4 rings (SSSR count). The summed E-state index contributed by atoms with van der Waals surface area (Å²) in [5.74, 6) is -0.881. The zero-order valence-electron chi connectivity index (χ0n) is 14.7. The molecule has 2 N–H and O–H groups in total. The summed E-state index contributed by atoms with van der Waals surface area (Å²) in [4.78, 5) is 26.3. The molecular weight excluding hydrogens is 422 g/mol. The molecule has 0 aliphatic heterocycles. The molecule has 3 aromatic carbocycles. The van der Waals surface area contributed by atoms with Crippen LogP contribution in [0.2, 0.25) is 0 Å². The highest BCUT2D eigenvalue weighted by Crippen LogP contribution is 2.43. The number of phenolic OH excluding ortho intramolecular Hbond substituents is 1. The SMILES string of the molecule is O=C1c2ccccc2C(=O)c2c(O)c(OCCBr)cc(Nc3ccccc3)c21. The van der Waals surface area contributed by atoms with Gasteiger partial charge in [-0.2, -0.15) is 0 Å². The van der Waals surface area contributed by atoms with Crippen molar-refractivity contribution >= 4 is 38.9 Å². The maximum absolute atomic E-state index is 13.2. The average Bonchev–Trinajstić information content (AvgIpc) is 2.72. The van der Waals surface area contributed by atoms with Gasteiger partial charge in [0.05, 0.1) is 23.4 Å². The van der Waals surface area contributed by atoms with Crippen LogP contribution in [0, 0.1) is 0 Å². The van der Waals surface area contributed by atoms with Gasteiger partial charge in [0.25, 0.3) is 0 Å². The second-order valence-electron chi connectivity index (χ2n) is 6.25. The van der Waals surface area contributed by atoms with Crippen LogP contribution < -0.4 is 10.1 Å². The monoisotopic (exact) mass is 437 g/mol. The second kappa shape index (κ2) is 7.48. The van der Waals surface area contributed by atoms with Crippen LogP contribution >= 0.6 is 15.9 Å². The molecule has 0 atom stereocenters. The van der Waals surface area contributed by atoms with Crippen LogP contribution in [0.5, 0.6) is 11.5 Å². The van der Waals surface area contributed by atoms with E-state index in [1.165, 1.54) is 0 Å². The van der Waals surface area contributed by atoms with Crippen molar-refractivity contribution in [1.82, 2.24) is 0 Å². The van der Waals surface area contributed by atoms with Gasteiger partial charge in [-0.1, -0.05) is 58.4 Å². The summed E-state index contributed by atoms with van der Waals surface area (Å²) in [6, 6.07) is 17.5. The smallest absolute Gasteiger partial charge is 0.198 e. The van der Waals surface area contributed by atoms with Gasteiger partial charge in [-0.05, 0) is 12.1 Å². The molecule has 0 unspecified atom stereocenters. The van der Waals surface area contributed by atoms with Gasteiger partial charge in [-0.3, -0.25) is 9.59 Å². The zero-order valence-corrected chi connectivity index (χ0v) is 16.3. The summed E-state index contributed by atoms with van der Waals surface area (Å²) >= 11 is 3.28. The van der Waals surface area contributed by atoms with Gasteiger partial charge in [0, 0.05) is 28.2 Å². The first kappa shape index (κ1) is 18.3. The molecule has 0 amide bonds. The topological polar surface area (TPSA) is 75.6 Å². The van der Waals surface area contributed by atoms with E-state index < -0.39 is 5.78 Å². The molecule has 0 fully saturated rings. The van der Waals surface area contributed by atoms with Crippen LogP contribution in [-0.2, 0) is 0 Å². The van der Waals surface area contributed by atoms with Crippen molar-refractivity contribution in [3.63, 3.8) is 0 Å². The fraction of sp³-hybridized carbons (Fsp3) is 0.0909. The predicted molar refractivity (Wildman–Crippen MR) is 110 cm³/mol. The number of rotatable bonds is 5. The Morgan fingerprint density at radius 2 is 1.50 bits per heavy atom. The molecule has 1 aliphatic carbocycles. The Hall–Kier alpha value is -3.12. The third-order valence-corrected chi connectivity index (χ3v) is 4.85. The Balaban J connectivity index is 1.93. The average molecular weight is 438 g/mol. The molecular formula is C22H16BrNO4. The molecule has 5 nitrogen and oxygen atoms in total. The van der Waals surface area contributed by atoms with Crippen molar-refractivity contribution in [1.29, 1.82) is 0 Å². The highest BCUT2D eigenvalue weighted by atomic mass is 79.9. The molecule has 0 spiro atoms. The molecule has 6 heteroatoms. The number of anilines is 2. The number of ether oxygens (including phenoxy) is 1. The van der Waals surface area contributed by atoms with Gasteiger partial charge in [0.15, 0.2) is 23.1 Å². The lowest BCUT2D eigenvalue weighted by Crippen LogP contribution is -2.22. The van der Waals surface area contributed by atoms with E-state index in [-0.39, 0.29) is 34.0 Å². The van der Waals surface area contributed by atoms with Gasteiger partial charge in [0.2, 0.25) is 0 Å². The number of hydrogen-bond acceptors (Lipinski definition) is 5. The number of fused-ring (bicyclic) bond motifs is 2. The molecule has 0 saturated heterocycles. The van der Waals surface area contributed by atoms with Gasteiger partial charge in [-0.15, -0.1) is 0 Å². The minimum absolute atomic E-state index is 0.0331. The summed E-state index contributed by atoms with van der Waals surface area (Å²) in [6.07, 6.45) is 0. The highest BCUT2D eigenvalue weighted by Gasteiger charge is 2.35. The fourth-order valence-electron chi connectivity index (χ4n) is 3.29. The van der Waals surface area contributed by atoms with E-state index in [0.717, 1.165) is 5.69 Å². The van der Waals surface area contributed by atoms with Crippen LogP contribution in [0.25, 0.3) is 0 Å². The van der Waals surface area contributed by atoms with E-state index in [2.05, 4.69) is 21.2 Å². The lowest BCUT2D eigenvalue weighted by Gasteiger charge is -2.23. The summed E-state index contributed by atoms with van der Waals surface area (Å²) in [5, 5.41) is 14.5. The van der Waals surface area contributed by atoms with Gasteiger partial charge in [0.1, 0.15) is 0 Å². The van der Waals surface area contributed by atoms with Crippen molar-refractivity contribution in [3.05, 3.63) is 82.9 Å². The molecule has 28 heavy (non-hydrogen) atoms. The Kier molecular flexibility index (Phi) is 4.88. The molecule has 1 aliphatic rings. The van der Waals surface area contributed by atoms with Crippen LogP contribution in [0.1, 0.15) is 31.8 Å². The minimum atomic E-state index is -0.400. The van der Waals surface area contributed by atoms with E-state index in [0.29, 0.717) is 23.2 Å². The van der Waals surface area contributed by atoms with Gasteiger partial charge in [-0.25, -0.2) is 0 Å². The number of hydrogen-bond donors (Lipinski definition) is 2. The Bertz CT molecular complexity index is 1080. The first-order chi connectivity index (χ1) is 13.6. The molecule has 0 heterocycles. The number of nitrogens with one attached hydrogen (secondary N) is 1. The Morgan fingerprint density at radius 3 is 2.14 bits per heavy atom. The van der Waals surface area contributed by atoms with Crippen LogP contribution in [-0.4, -0.2) is 28.6 Å². The number of benzene rings is 3. The fourth-order valence-corrected chi connectivity index (χ4v) is 3.45. The zero-order chi connectivity index (χ0) is 19.7. The van der Waals surface area contributed by atoms with Crippen molar-refractivity contribution in [2.75, 3.05) is 17.3 Å². The normalized spacial score (nSPS) is 12.3. The van der Waals surface area contributed by atoms with E-state index >= 15 is 0 Å². The van der Waals surface area contributed by atoms with Crippen LogP contribution in [0.15, 0.2) is 60.7 Å². The maximum Gasteiger partial charge on any atom is 0.198 e. The Labute approximate surface area is 170 Å². The summed E-state index contributed by atoms with van der Waals surface area (Å²) in [7, 11) is 0. The second-order valence-corrected chi connectivity index (χ2v) is 7.05. The molecule has 0 aromatic heterocycles. The lowest BCUT2D eigenvalue weighted by atomic mass is 9.82. The molecule has 0 radical (unpaired) electrons. The Morgan fingerprint density at radius 1 is 0.893 bits per heavy atom. The van der Waals surface area contributed by atoms with E-state index in [1.54, 1.807) is 30.3 Å². The number of para-hydroxylation sites is 1. The van der Waals surface area contributed by atoms with E-state index in [1.807, 2.05) is 30.3 Å². The molecule has 140 valence electrons. The van der Waals surface area contributed by atoms with E-state index in [9.17, 15) is 14.7 Å². The molecule has 0 saturated carbocycles. The number of aromatic hydroxyl groups is 1. The van der Waals surface area contributed by atoms with Gasteiger partial charge >= 0.3 is 0 Å². The summed E-state index contributed by atoms with van der Waals surface area (Å²) < 4.78 is 5.60. The standard InChI is InChI=1S/C22H16BrNO4/c23-10-11-28-17-12-16(24-13-6-2-1-3-7-13)18-19(22(17)27)21(26)15-9-5-4-8-14(15)20(18)25/h1-9,12,24,27H,10-11H2. The third-order valence-electron chi connectivity index (χ3n) is 4.52. The highest BCUT2D eigenvalue weighted by molar-refractivity contribution is 9.09. The van der Waals surface area contributed by atoms with Crippen molar-refractivity contribution in [3.8, 4) is 11.5 Å². The molecule has 0 bridgehead atoms. The number of carbonyl (C=O) groups is 2. The van der Waals surface area contributed by atoms with Crippen molar-refractivity contribution in [2.45, 2.75) is 0 Å². The largest absolute Gasteiger partial charge is 0.504 e. The third kappa shape index (κ3) is 3.05. The van der Waals surface area contributed by atoms with Crippen molar-refractivity contribution in [2.24, 2.45) is 0 Å². The van der Waals surface area contributed by atoms with Gasteiger partial charge < -0.3 is 15.2 Å². The first-order valence-corrected chi connectivity index (χ1v) is 9.83. The number of halogens is 1.